The number of hydrogen-bond donors (Lipinski definition) is 1. The first kappa shape index (κ1) is 15.3. The van der Waals surface area contributed by atoms with Gasteiger partial charge in [-0.15, -0.1) is 12.3 Å². The van der Waals surface area contributed by atoms with Gasteiger partial charge in [0, 0.05) is 26.1 Å². The number of aryl methyl sites for hydroxylation is 1. The van der Waals surface area contributed by atoms with Crippen molar-refractivity contribution in [3.63, 3.8) is 0 Å². The number of aromatic nitrogens is 2. The number of carbonyl (C=O) groups excluding carboxylic acids is 1. The number of rotatable bonds is 7. The molecule has 5 nitrogen and oxygen atoms in total. The van der Waals surface area contributed by atoms with E-state index in [-0.39, 0.29) is 12.0 Å². The molecule has 1 aromatic heterocycles. The van der Waals surface area contributed by atoms with Gasteiger partial charge in [-0.3, -0.25) is 4.68 Å². The fourth-order valence-corrected chi connectivity index (χ4v) is 1.80. The Kier molecular flexibility index (Phi) is 6.10. The highest BCUT2D eigenvalue weighted by Crippen LogP contribution is 2.10. The third-order valence-electron chi connectivity index (χ3n) is 2.97. The lowest BCUT2D eigenvalue weighted by Crippen LogP contribution is -2.29. The van der Waals surface area contributed by atoms with Crippen LogP contribution in [0.3, 0.4) is 0 Å². The molecule has 0 aliphatic carbocycles. The van der Waals surface area contributed by atoms with Crippen LogP contribution >= 0.6 is 0 Å². The zero-order valence-corrected chi connectivity index (χ0v) is 11.8. The van der Waals surface area contributed by atoms with E-state index < -0.39 is 0 Å². The van der Waals surface area contributed by atoms with E-state index >= 15 is 0 Å². The maximum Gasteiger partial charge on any atom is 0.341 e. The zero-order chi connectivity index (χ0) is 14.3. The smallest absolute Gasteiger partial charge is 0.341 e. The first-order valence-electron chi connectivity index (χ1n) is 6.48. The molecule has 0 radical (unpaired) electrons. The predicted octanol–water partition coefficient (Wildman–Crippen LogP) is 1.49. The molecular formula is C14H21N3O2. The molecule has 0 bridgehead atoms. The van der Waals surface area contributed by atoms with Crippen LogP contribution in [0, 0.1) is 12.3 Å². The molecule has 0 amide bonds. The van der Waals surface area contributed by atoms with Gasteiger partial charge < -0.3 is 10.1 Å². The van der Waals surface area contributed by atoms with Crippen LogP contribution in [0.4, 0.5) is 0 Å². The summed E-state index contributed by atoms with van der Waals surface area (Å²) >= 11 is 0. The third-order valence-corrected chi connectivity index (χ3v) is 2.97. The average Bonchev–Trinajstić information content (AvgIpc) is 2.76. The first-order valence-corrected chi connectivity index (χ1v) is 6.48. The van der Waals surface area contributed by atoms with Crippen LogP contribution in [0.2, 0.25) is 0 Å². The van der Waals surface area contributed by atoms with Gasteiger partial charge in [-0.1, -0.05) is 6.92 Å². The fraction of sp³-hybridized carbons (Fsp3) is 0.571. The standard InChI is InChI=1S/C14H21N3O2/c1-5-8-11(6-2)15-10-13-12(9-16-17(13)4)14(18)19-7-3/h1,9,11,15H,6-8,10H2,2-4H3. The third kappa shape index (κ3) is 4.11. The lowest BCUT2D eigenvalue weighted by molar-refractivity contribution is 0.0524. The first-order chi connectivity index (χ1) is 9.13. The van der Waals surface area contributed by atoms with Crippen LogP contribution in [0.1, 0.15) is 42.7 Å². The molecule has 5 heteroatoms. The van der Waals surface area contributed by atoms with Gasteiger partial charge in [0.15, 0.2) is 0 Å². The molecule has 1 rings (SSSR count). The van der Waals surface area contributed by atoms with Gasteiger partial charge >= 0.3 is 5.97 Å². The van der Waals surface area contributed by atoms with E-state index in [4.69, 9.17) is 11.2 Å². The van der Waals surface area contributed by atoms with E-state index in [1.165, 1.54) is 6.20 Å². The zero-order valence-electron chi connectivity index (χ0n) is 11.8. The molecule has 0 aliphatic rings. The molecule has 1 unspecified atom stereocenters. The van der Waals surface area contributed by atoms with Crippen molar-refractivity contribution in [2.45, 2.75) is 39.3 Å². The van der Waals surface area contributed by atoms with Gasteiger partial charge in [-0.25, -0.2) is 4.79 Å². The quantitative estimate of drug-likeness (QED) is 0.598. The Morgan fingerprint density at radius 3 is 2.95 bits per heavy atom. The fourth-order valence-electron chi connectivity index (χ4n) is 1.80. The molecule has 1 aromatic rings. The highest BCUT2D eigenvalue weighted by atomic mass is 16.5. The van der Waals surface area contributed by atoms with Crippen molar-refractivity contribution in [3.05, 3.63) is 17.5 Å². The van der Waals surface area contributed by atoms with E-state index in [9.17, 15) is 4.79 Å². The molecule has 0 saturated carbocycles. The normalized spacial score (nSPS) is 11.9. The number of nitrogens with zero attached hydrogens (tertiary/aromatic N) is 2. The summed E-state index contributed by atoms with van der Waals surface area (Å²) in [6, 6.07) is 0.245. The minimum atomic E-state index is -0.336. The van der Waals surface area contributed by atoms with Crippen molar-refractivity contribution < 1.29 is 9.53 Å². The molecule has 0 spiro atoms. The van der Waals surface area contributed by atoms with Crippen molar-refractivity contribution in [3.8, 4) is 12.3 Å². The van der Waals surface area contributed by atoms with Crippen molar-refractivity contribution in [2.75, 3.05) is 6.61 Å². The summed E-state index contributed by atoms with van der Waals surface area (Å²) in [5.41, 5.74) is 1.32. The van der Waals surface area contributed by atoms with Gasteiger partial charge in [0.1, 0.15) is 5.56 Å². The van der Waals surface area contributed by atoms with Crippen LogP contribution in [-0.2, 0) is 18.3 Å². The largest absolute Gasteiger partial charge is 0.462 e. The molecule has 1 heterocycles. The van der Waals surface area contributed by atoms with Crippen LogP contribution in [-0.4, -0.2) is 28.4 Å². The second kappa shape index (κ2) is 7.59. The summed E-state index contributed by atoms with van der Waals surface area (Å²) in [6.45, 7) is 4.76. The van der Waals surface area contributed by atoms with Crippen LogP contribution in [0.25, 0.3) is 0 Å². The Morgan fingerprint density at radius 1 is 1.63 bits per heavy atom. The van der Waals surface area contributed by atoms with Gasteiger partial charge in [0.25, 0.3) is 0 Å². The maximum absolute atomic E-state index is 11.8. The lowest BCUT2D eigenvalue weighted by atomic mass is 10.1. The monoisotopic (exact) mass is 263 g/mol. The highest BCUT2D eigenvalue weighted by molar-refractivity contribution is 5.90. The van der Waals surface area contributed by atoms with E-state index in [0.717, 1.165) is 12.1 Å². The lowest BCUT2D eigenvalue weighted by Gasteiger charge is -2.15. The van der Waals surface area contributed by atoms with Gasteiger partial charge in [0.05, 0.1) is 18.5 Å². The van der Waals surface area contributed by atoms with Crippen molar-refractivity contribution >= 4 is 5.97 Å². The second-order valence-electron chi connectivity index (χ2n) is 4.24. The number of hydrogen-bond acceptors (Lipinski definition) is 4. The Bertz CT molecular complexity index is 460. The topological polar surface area (TPSA) is 56.1 Å². The van der Waals surface area contributed by atoms with Gasteiger partial charge in [0.2, 0.25) is 0 Å². The molecule has 19 heavy (non-hydrogen) atoms. The van der Waals surface area contributed by atoms with Crippen molar-refractivity contribution in [1.82, 2.24) is 15.1 Å². The highest BCUT2D eigenvalue weighted by Gasteiger charge is 2.17. The summed E-state index contributed by atoms with van der Waals surface area (Å²) in [5.74, 6) is 2.31. The summed E-state index contributed by atoms with van der Waals surface area (Å²) in [5, 5.41) is 7.45. The summed E-state index contributed by atoms with van der Waals surface area (Å²) in [4.78, 5) is 11.8. The van der Waals surface area contributed by atoms with Crippen LogP contribution in [0.15, 0.2) is 6.20 Å². The minimum absolute atomic E-state index is 0.245. The van der Waals surface area contributed by atoms with E-state index in [1.807, 2.05) is 7.05 Å². The van der Waals surface area contributed by atoms with E-state index in [0.29, 0.717) is 25.1 Å². The number of esters is 1. The Hall–Kier alpha value is -1.80. The molecule has 0 aromatic carbocycles. The number of carbonyl (C=O) groups is 1. The van der Waals surface area contributed by atoms with E-state index in [2.05, 4.69) is 23.3 Å². The maximum atomic E-state index is 11.8. The van der Waals surface area contributed by atoms with Crippen molar-refractivity contribution in [1.29, 1.82) is 0 Å². The molecule has 0 aliphatic heterocycles. The molecule has 1 atom stereocenters. The van der Waals surface area contributed by atoms with Crippen molar-refractivity contribution in [2.24, 2.45) is 7.05 Å². The molecule has 0 saturated heterocycles. The van der Waals surface area contributed by atoms with Gasteiger partial charge in [-0.2, -0.15) is 5.10 Å². The number of nitrogens with one attached hydrogen (secondary N) is 1. The van der Waals surface area contributed by atoms with Gasteiger partial charge in [-0.05, 0) is 13.3 Å². The SMILES string of the molecule is C#CCC(CC)NCc1c(C(=O)OCC)cnn1C. The average molecular weight is 263 g/mol. The van der Waals surface area contributed by atoms with E-state index in [1.54, 1.807) is 11.6 Å². The Labute approximate surface area is 114 Å². The predicted molar refractivity (Wildman–Crippen MR) is 73.5 cm³/mol. The number of ether oxygens (including phenoxy) is 1. The van der Waals surface area contributed by atoms with Crippen LogP contribution < -0.4 is 5.32 Å². The molecule has 0 fully saturated rings. The minimum Gasteiger partial charge on any atom is -0.462 e. The Morgan fingerprint density at radius 2 is 2.37 bits per heavy atom. The molecule has 1 N–H and O–H groups in total. The number of terminal acetylenes is 1. The summed E-state index contributed by atoms with van der Waals surface area (Å²) < 4.78 is 6.69. The molecular weight excluding hydrogens is 242 g/mol. The Balaban J connectivity index is 2.75. The summed E-state index contributed by atoms with van der Waals surface area (Å²) in [7, 11) is 1.81. The molecule has 104 valence electrons. The summed E-state index contributed by atoms with van der Waals surface area (Å²) in [6.07, 6.45) is 8.47. The second-order valence-corrected chi connectivity index (χ2v) is 4.24. The van der Waals surface area contributed by atoms with Crippen LogP contribution in [0.5, 0.6) is 0 Å².